The van der Waals surface area contributed by atoms with Crippen molar-refractivity contribution in [2.75, 3.05) is 12.9 Å². The van der Waals surface area contributed by atoms with E-state index in [0.717, 1.165) is 22.2 Å². The number of carbonyl (C=O) groups excluding carboxylic acids is 3. The second kappa shape index (κ2) is 12.7. The van der Waals surface area contributed by atoms with Crippen molar-refractivity contribution in [2.45, 2.75) is 52.0 Å². The lowest BCUT2D eigenvalue weighted by molar-refractivity contribution is -0.134. The first kappa shape index (κ1) is 30.5. The maximum atomic E-state index is 14.2. The number of Topliss-reactive ketones (excluding diaryl/α,β-unsaturated/α-hetero) is 1. The number of rotatable bonds is 9. The van der Waals surface area contributed by atoms with Gasteiger partial charge in [0.05, 0.1) is 36.6 Å². The molecule has 0 fully saturated rings. The van der Waals surface area contributed by atoms with E-state index in [4.69, 9.17) is 23.9 Å². The average molecular weight is 623 g/mol. The molecule has 4 aromatic rings. The fourth-order valence-corrected chi connectivity index (χ4v) is 6.83. The number of carbonyl (C=O) groups is 3. The zero-order valence-corrected chi connectivity index (χ0v) is 25.9. The number of ether oxygens (including phenoxy) is 4. The number of methoxy groups -OCH3 is 1. The Kier molecular flexibility index (Phi) is 9.00. The number of thiophene rings is 1. The summed E-state index contributed by atoms with van der Waals surface area (Å²) in [6.45, 7) is 7.06. The maximum Gasteiger partial charge on any atom is 0.308 e. The van der Waals surface area contributed by atoms with Gasteiger partial charge in [-0.2, -0.15) is 0 Å². The molecule has 2 aromatic heterocycles. The van der Waals surface area contributed by atoms with Crippen molar-refractivity contribution in [1.82, 2.24) is 9.55 Å². The Bertz CT molecular complexity index is 1780. The highest BCUT2D eigenvalue weighted by Gasteiger charge is 2.29. The molecular weight excluding hydrogens is 592 g/mol. The molecule has 1 atom stereocenters. The van der Waals surface area contributed by atoms with Gasteiger partial charge in [0.1, 0.15) is 10.6 Å². The first-order valence-electron chi connectivity index (χ1n) is 13.6. The molecule has 0 radical (unpaired) electrons. The van der Waals surface area contributed by atoms with Crippen molar-refractivity contribution in [3.05, 3.63) is 68.8 Å². The minimum atomic E-state index is -0.628. The lowest BCUT2D eigenvalue weighted by Gasteiger charge is -2.26. The molecule has 5 rings (SSSR count). The lowest BCUT2D eigenvalue weighted by atomic mass is 9.96. The molecule has 0 bridgehead atoms. The van der Waals surface area contributed by atoms with Gasteiger partial charge in [-0.3, -0.25) is 23.7 Å². The van der Waals surface area contributed by atoms with Crippen LogP contribution in [-0.2, 0) is 27.4 Å². The Morgan fingerprint density at radius 3 is 2.42 bits per heavy atom. The van der Waals surface area contributed by atoms with E-state index >= 15 is 0 Å². The van der Waals surface area contributed by atoms with Crippen LogP contribution in [0.1, 0.15) is 48.5 Å². The Balaban J connectivity index is 1.53. The van der Waals surface area contributed by atoms with Crippen molar-refractivity contribution in [2.24, 2.45) is 5.92 Å². The van der Waals surface area contributed by atoms with Crippen LogP contribution in [0.25, 0.3) is 15.9 Å². The van der Waals surface area contributed by atoms with E-state index in [9.17, 15) is 19.2 Å². The second-order valence-corrected chi connectivity index (χ2v) is 12.3. The first-order valence-corrected chi connectivity index (χ1v) is 15.4. The van der Waals surface area contributed by atoms with Crippen molar-refractivity contribution in [1.29, 1.82) is 0 Å². The molecule has 0 saturated carbocycles. The van der Waals surface area contributed by atoms with E-state index in [-0.39, 0.29) is 40.3 Å². The highest BCUT2D eigenvalue weighted by molar-refractivity contribution is 7.99. The third kappa shape index (κ3) is 6.51. The van der Waals surface area contributed by atoms with Crippen LogP contribution in [0.5, 0.6) is 17.2 Å². The van der Waals surface area contributed by atoms with Crippen molar-refractivity contribution in [3.63, 3.8) is 0 Å². The molecule has 1 aliphatic heterocycles. The van der Waals surface area contributed by atoms with E-state index < -0.39 is 11.9 Å². The van der Waals surface area contributed by atoms with Crippen molar-refractivity contribution in [3.8, 4) is 22.9 Å². The molecule has 2 aromatic carbocycles. The monoisotopic (exact) mass is 622 g/mol. The van der Waals surface area contributed by atoms with E-state index in [0.29, 0.717) is 45.8 Å². The number of nitrogens with zero attached hydrogens (tertiary/aromatic N) is 2. The van der Waals surface area contributed by atoms with Crippen LogP contribution in [0.3, 0.4) is 0 Å². The van der Waals surface area contributed by atoms with E-state index in [1.54, 1.807) is 31.4 Å². The zero-order chi connectivity index (χ0) is 30.8. The minimum Gasteiger partial charge on any atom is -0.497 e. The number of benzene rings is 2. The molecule has 0 aliphatic carbocycles. The number of fused-ring (bicyclic) bond motifs is 3. The largest absolute Gasteiger partial charge is 0.497 e. The quantitative estimate of drug-likeness (QED) is 0.0791. The highest BCUT2D eigenvalue weighted by atomic mass is 32.2. The van der Waals surface area contributed by atoms with Gasteiger partial charge in [-0.05, 0) is 53.9 Å². The van der Waals surface area contributed by atoms with Gasteiger partial charge in [0.2, 0.25) is 0 Å². The molecule has 0 saturated heterocycles. The summed E-state index contributed by atoms with van der Waals surface area (Å²) in [5.41, 5.74) is 1.59. The van der Waals surface area contributed by atoms with Gasteiger partial charge in [-0.25, -0.2) is 4.98 Å². The van der Waals surface area contributed by atoms with Crippen LogP contribution in [0, 0.1) is 5.92 Å². The van der Waals surface area contributed by atoms with Gasteiger partial charge >= 0.3 is 11.9 Å². The molecule has 10 nitrogen and oxygen atoms in total. The minimum absolute atomic E-state index is 0.00918. The van der Waals surface area contributed by atoms with E-state index in [1.807, 2.05) is 0 Å². The third-order valence-corrected chi connectivity index (χ3v) is 8.93. The molecule has 0 spiro atoms. The van der Waals surface area contributed by atoms with Crippen molar-refractivity contribution >= 4 is 51.0 Å². The van der Waals surface area contributed by atoms with Gasteiger partial charge in [0.15, 0.2) is 22.4 Å². The fraction of sp³-hybridized carbons (Fsp3) is 0.323. The lowest BCUT2D eigenvalue weighted by Crippen LogP contribution is -2.28. The van der Waals surface area contributed by atoms with E-state index in [1.165, 1.54) is 48.0 Å². The second-order valence-electron chi connectivity index (χ2n) is 10.3. The van der Waals surface area contributed by atoms with Gasteiger partial charge in [-0.15, -0.1) is 11.3 Å². The summed E-state index contributed by atoms with van der Waals surface area (Å²) >= 11 is 2.56. The summed E-state index contributed by atoms with van der Waals surface area (Å²) < 4.78 is 23.1. The summed E-state index contributed by atoms with van der Waals surface area (Å²) in [4.78, 5) is 57.0. The van der Waals surface area contributed by atoms with Gasteiger partial charge in [0, 0.05) is 30.7 Å². The topological polar surface area (TPSA) is 123 Å². The fourth-order valence-electron chi connectivity index (χ4n) is 4.76. The number of hydrogen-bond donors (Lipinski definition) is 0. The molecule has 3 heterocycles. The number of ketones is 1. The van der Waals surface area contributed by atoms with Gasteiger partial charge in [0.25, 0.3) is 5.56 Å². The maximum absolute atomic E-state index is 14.2. The summed E-state index contributed by atoms with van der Waals surface area (Å²) in [5.74, 6) is -0.672. The van der Waals surface area contributed by atoms with Crippen LogP contribution >= 0.6 is 23.1 Å². The SMILES string of the molecule is COc1ccc(-n2c(SCC(=O)c3ccc(OC(C)=O)c(OC(C)=O)c3)nc3sc4c(c3c2=O)C[C@@H](C(C)C)OC4)cc1. The zero-order valence-electron chi connectivity index (χ0n) is 24.3. The predicted molar refractivity (Wildman–Crippen MR) is 163 cm³/mol. The number of esters is 2. The normalized spacial score (nSPS) is 14.4. The summed E-state index contributed by atoms with van der Waals surface area (Å²) in [5, 5.41) is 0.931. The summed E-state index contributed by atoms with van der Waals surface area (Å²) in [7, 11) is 1.57. The number of thioether (sulfide) groups is 1. The molecule has 224 valence electrons. The highest BCUT2D eigenvalue weighted by Crippen LogP contribution is 2.37. The Morgan fingerprint density at radius 1 is 1.07 bits per heavy atom. The molecule has 0 unspecified atom stereocenters. The molecule has 43 heavy (non-hydrogen) atoms. The van der Waals surface area contributed by atoms with Gasteiger partial charge in [-0.1, -0.05) is 25.6 Å². The summed E-state index contributed by atoms with van der Waals surface area (Å²) in [6.07, 6.45) is 0.640. The number of hydrogen-bond acceptors (Lipinski definition) is 11. The van der Waals surface area contributed by atoms with E-state index in [2.05, 4.69) is 13.8 Å². The van der Waals surface area contributed by atoms with Crippen LogP contribution in [-0.4, -0.2) is 46.2 Å². The smallest absolute Gasteiger partial charge is 0.308 e. The number of aromatic nitrogens is 2. The Morgan fingerprint density at radius 2 is 1.77 bits per heavy atom. The average Bonchev–Trinajstić information content (AvgIpc) is 3.34. The molecule has 1 aliphatic rings. The molecule has 0 N–H and O–H groups in total. The molecule has 12 heteroatoms. The van der Waals surface area contributed by atoms with Crippen LogP contribution in [0.2, 0.25) is 0 Å². The predicted octanol–water partition coefficient (Wildman–Crippen LogP) is 5.38. The van der Waals surface area contributed by atoms with Crippen LogP contribution in [0.4, 0.5) is 0 Å². The van der Waals surface area contributed by atoms with Crippen molar-refractivity contribution < 1.29 is 33.3 Å². The first-order chi connectivity index (χ1) is 20.5. The molecular formula is C31H30N2O8S2. The standard InChI is InChI=1S/C31H30N2O8S2/c1-16(2)25-13-22-27(14-39-25)43-29-28(22)30(37)33(20-7-9-21(38-5)10-8-20)31(32-29)42-15-23(36)19-6-11-24(40-17(3)34)26(12-19)41-18(4)35/h6-12,16,25H,13-15H2,1-5H3/t25-/m0/s1. The third-order valence-electron chi connectivity index (χ3n) is 6.89. The Labute approximate surface area is 255 Å². The Hall–Kier alpha value is -4.00. The molecule has 0 amide bonds. The van der Waals surface area contributed by atoms with Gasteiger partial charge < -0.3 is 18.9 Å². The summed E-state index contributed by atoms with van der Waals surface area (Å²) in [6, 6.07) is 11.3. The van der Waals surface area contributed by atoms with Crippen LogP contribution < -0.4 is 19.8 Å². The van der Waals surface area contributed by atoms with Crippen LogP contribution in [0.15, 0.2) is 52.4 Å².